The molecule has 1 saturated heterocycles. The number of benzene rings is 1. The van der Waals surface area contributed by atoms with Crippen LogP contribution in [0.15, 0.2) is 36.8 Å². The van der Waals surface area contributed by atoms with Crippen LogP contribution in [-0.4, -0.2) is 46.3 Å². The Morgan fingerprint density at radius 2 is 1.76 bits per heavy atom. The zero-order chi connectivity index (χ0) is 16.6. The number of anilines is 2. The van der Waals surface area contributed by atoms with Crippen LogP contribution in [0.1, 0.15) is 17.7 Å². The molecule has 2 aliphatic rings. The molecule has 1 aromatic carbocycles. The molecule has 0 spiro atoms. The van der Waals surface area contributed by atoms with E-state index in [1.807, 2.05) is 6.20 Å². The normalized spacial score (nSPS) is 17.1. The van der Waals surface area contributed by atoms with Crippen LogP contribution < -0.4 is 9.80 Å². The topological polar surface area (TPSA) is 58.0 Å². The van der Waals surface area contributed by atoms with Crippen molar-refractivity contribution in [2.75, 3.05) is 36.0 Å². The van der Waals surface area contributed by atoms with Gasteiger partial charge in [-0.05, 0) is 49.1 Å². The molecule has 6 nitrogen and oxygen atoms in total. The summed E-state index contributed by atoms with van der Waals surface area (Å²) >= 11 is 0. The fourth-order valence-corrected chi connectivity index (χ4v) is 3.83. The summed E-state index contributed by atoms with van der Waals surface area (Å²) in [5.41, 5.74) is 4.82. The third-order valence-electron chi connectivity index (χ3n) is 5.26. The molecule has 126 valence electrons. The summed E-state index contributed by atoms with van der Waals surface area (Å²) in [7, 11) is 0. The van der Waals surface area contributed by atoms with E-state index in [1.54, 1.807) is 6.33 Å². The van der Waals surface area contributed by atoms with Gasteiger partial charge in [0.05, 0.1) is 11.2 Å². The average Bonchev–Trinajstić information content (AvgIpc) is 3.15. The van der Waals surface area contributed by atoms with Crippen molar-refractivity contribution >= 4 is 22.4 Å². The molecule has 0 unspecified atom stereocenters. The van der Waals surface area contributed by atoms with E-state index in [2.05, 4.69) is 54.2 Å². The largest absolute Gasteiger partial charge is 0.368 e. The van der Waals surface area contributed by atoms with Gasteiger partial charge >= 0.3 is 0 Å². The highest BCUT2D eigenvalue weighted by Gasteiger charge is 2.21. The van der Waals surface area contributed by atoms with E-state index < -0.39 is 0 Å². The van der Waals surface area contributed by atoms with Gasteiger partial charge in [-0.25, -0.2) is 9.97 Å². The predicted octanol–water partition coefficient (Wildman–Crippen LogP) is 2.24. The van der Waals surface area contributed by atoms with E-state index in [0.717, 1.165) is 55.7 Å². The molecule has 1 aliphatic carbocycles. The Kier molecular flexibility index (Phi) is 3.47. The monoisotopic (exact) mass is 332 g/mol. The lowest BCUT2D eigenvalue weighted by molar-refractivity contribution is 0.642. The summed E-state index contributed by atoms with van der Waals surface area (Å²) in [5.74, 6) is 1.03. The summed E-state index contributed by atoms with van der Waals surface area (Å²) in [4.78, 5) is 13.2. The van der Waals surface area contributed by atoms with Gasteiger partial charge in [-0.15, -0.1) is 5.10 Å². The first-order chi connectivity index (χ1) is 12.4. The molecule has 0 radical (unpaired) electrons. The summed E-state index contributed by atoms with van der Waals surface area (Å²) in [5, 5.41) is 9.97. The van der Waals surface area contributed by atoms with Crippen LogP contribution in [0.2, 0.25) is 0 Å². The smallest absolute Gasteiger partial charge is 0.151 e. The number of nitrogens with zero attached hydrogens (tertiary/aromatic N) is 6. The highest BCUT2D eigenvalue weighted by atomic mass is 15.3. The highest BCUT2D eigenvalue weighted by Crippen LogP contribution is 2.25. The second-order valence-corrected chi connectivity index (χ2v) is 6.77. The van der Waals surface area contributed by atoms with Crippen molar-refractivity contribution in [3.05, 3.63) is 48.0 Å². The van der Waals surface area contributed by atoms with Crippen molar-refractivity contribution in [1.82, 2.24) is 20.2 Å². The Labute approximate surface area is 146 Å². The second-order valence-electron chi connectivity index (χ2n) is 6.77. The molecule has 0 saturated carbocycles. The minimum atomic E-state index is 0.969. The Balaban J connectivity index is 1.32. The molecular formula is C19H20N6. The van der Waals surface area contributed by atoms with E-state index in [-0.39, 0.29) is 0 Å². The SMILES string of the molecule is c1ncc2cc(N3CCN(c4cc5c(nn4)CCC5)CC3)ccc2n1. The van der Waals surface area contributed by atoms with E-state index in [1.165, 1.54) is 23.4 Å². The van der Waals surface area contributed by atoms with Gasteiger partial charge in [-0.3, -0.25) is 0 Å². The summed E-state index contributed by atoms with van der Waals surface area (Å²) in [6.45, 7) is 3.91. The maximum absolute atomic E-state index is 4.45. The van der Waals surface area contributed by atoms with Gasteiger partial charge < -0.3 is 9.80 Å². The maximum atomic E-state index is 4.45. The van der Waals surface area contributed by atoms with Gasteiger partial charge in [-0.1, -0.05) is 0 Å². The molecule has 25 heavy (non-hydrogen) atoms. The van der Waals surface area contributed by atoms with Crippen LogP contribution in [0.3, 0.4) is 0 Å². The van der Waals surface area contributed by atoms with Gasteiger partial charge in [0.1, 0.15) is 6.33 Å². The molecule has 6 heteroatoms. The van der Waals surface area contributed by atoms with Crippen LogP contribution >= 0.6 is 0 Å². The van der Waals surface area contributed by atoms with Crippen LogP contribution in [0.5, 0.6) is 0 Å². The molecule has 0 N–H and O–H groups in total. The quantitative estimate of drug-likeness (QED) is 0.717. The summed E-state index contributed by atoms with van der Waals surface area (Å²) in [6.07, 6.45) is 6.92. The molecule has 5 rings (SSSR count). The van der Waals surface area contributed by atoms with Gasteiger partial charge in [0.2, 0.25) is 0 Å². The molecule has 0 atom stereocenters. The van der Waals surface area contributed by atoms with Crippen LogP contribution in [0.4, 0.5) is 11.5 Å². The zero-order valence-electron chi connectivity index (χ0n) is 14.1. The number of piperazine rings is 1. The first-order valence-corrected chi connectivity index (χ1v) is 8.92. The number of aromatic nitrogens is 4. The maximum Gasteiger partial charge on any atom is 0.151 e. The standard InChI is InChI=1S/C19H20N6/c1-2-14-11-19(23-22-18(14)3-1)25-8-6-24(7-9-25)16-4-5-17-15(10-16)12-20-13-21-17/h4-5,10-13H,1-3,6-9H2. The van der Waals surface area contributed by atoms with E-state index in [9.17, 15) is 0 Å². The molecule has 3 heterocycles. The van der Waals surface area contributed by atoms with Crippen molar-refractivity contribution in [3.8, 4) is 0 Å². The van der Waals surface area contributed by atoms with Crippen molar-refractivity contribution in [2.45, 2.75) is 19.3 Å². The third kappa shape index (κ3) is 2.67. The van der Waals surface area contributed by atoms with Gasteiger partial charge in [0, 0.05) is 43.4 Å². The molecular weight excluding hydrogens is 312 g/mol. The zero-order valence-corrected chi connectivity index (χ0v) is 14.1. The van der Waals surface area contributed by atoms with E-state index >= 15 is 0 Å². The number of hydrogen-bond donors (Lipinski definition) is 0. The molecule has 0 bridgehead atoms. The lowest BCUT2D eigenvalue weighted by Crippen LogP contribution is -2.47. The summed E-state index contributed by atoms with van der Waals surface area (Å²) < 4.78 is 0. The number of fused-ring (bicyclic) bond motifs is 2. The third-order valence-corrected chi connectivity index (χ3v) is 5.26. The van der Waals surface area contributed by atoms with Crippen molar-refractivity contribution in [3.63, 3.8) is 0 Å². The van der Waals surface area contributed by atoms with Gasteiger partial charge in [-0.2, -0.15) is 5.10 Å². The Morgan fingerprint density at radius 3 is 2.68 bits per heavy atom. The fraction of sp³-hybridized carbons (Fsp3) is 0.368. The molecule has 3 aromatic rings. The van der Waals surface area contributed by atoms with E-state index in [4.69, 9.17) is 0 Å². The van der Waals surface area contributed by atoms with Crippen LogP contribution in [0.25, 0.3) is 10.9 Å². The lowest BCUT2D eigenvalue weighted by atomic mass is 10.2. The van der Waals surface area contributed by atoms with Crippen LogP contribution in [-0.2, 0) is 12.8 Å². The highest BCUT2D eigenvalue weighted by molar-refractivity contribution is 5.81. The van der Waals surface area contributed by atoms with Crippen molar-refractivity contribution in [2.24, 2.45) is 0 Å². The van der Waals surface area contributed by atoms with Crippen molar-refractivity contribution < 1.29 is 0 Å². The fourth-order valence-electron chi connectivity index (χ4n) is 3.83. The molecule has 1 fully saturated rings. The Morgan fingerprint density at radius 1 is 0.880 bits per heavy atom. The van der Waals surface area contributed by atoms with Gasteiger partial charge in [0.15, 0.2) is 5.82 Å². The lowest BCUT2D eigenvalue weighted by Gasteiger charge is -2.36. The molecule has 2 aromatic heterocycles. The number of hydrogen-bond acceptors (Lipinski definition) is 6. The van der Waals surface area contributed by atoms with Crippen molar-refractivity contribution in [1.29, 1.82) is 0 Å². The molecule has 1 aliphatic heterocycles. The average molecular weight is 332 g/mol. The Hall–Kier alpha value is -2.76. The second kappa shape index (κ2) is 5.95. The minimum absolute atomic E-state index is 0.969. The first-order valence-electron chi connectivity index (χ1n) is 8.92. The van der Waals surface area contributed by atoms with Crippen LogP contribution in [0, 0.1) is 0 Å². The van der Waals surface area contributed by atoms with Gasteiger partial charge in [0.25, 0.3) is 0 Å². The number of aryl methyl sites for hydroxylation is 2. The minimum Gasteiger partial charge on any atom is -0.368 e. The molecule has 0 amide bonds. The Bertz CT molecular complexity index is 917. The predicted molar refractivity (Wildman–Crippen MR) is 98.0 cm³/mol. The summed E-state index contributed by atoms with van der Waals surface area (Å²) in [6, 6.07) is 8.66. The first kappa shape index (κ1) is 14.6. The van der Waals surface area contributed by atoms with E-state index in [0.29, 0.717) is 0 Å². The number of rotatable bonds is 2.